The average molecular weight is 250 g/mol. The fraction of sp³-hybridized carbons (Fsp3) is 0.167. The highest BCUT2D eigenvalue weighted by molar-refractivity contribution is 7.80. The lowest BCUT2D eigenvalue weighted by molar-refractivity contribution is -0.500. The third kappa shape index (κ3) is 4.65. The zero-order valence-corrected chi connectivity index (χ0v) is 10.5. The summed E-state index contributed by atoms with van der Waals surface area (Å²) in [6.45, 7) is 4.22. The Hall–Kier alpha value is -1.88. The molecule has 1 aromatic carbocycles. The topological polar surface area (TPSA) is 47.3 Å². The van der Waals surface area contributed by atoms with Crippen LogP contribution in [-0.2, 0) is 0 Å². The van der Waals surface area contributed by atoms with Gasteiger partial charge in [0.05, 0.1) is 12.7 Å². The Kier molecular flexibility index (Phi) is 5.74. The summed E-state index contributed by atoms with van der Waals surface area (Å²) in [6, 6.07) is 7.68. The molecule has 90 valence electrons. The van der Waals surface area contributed by atoms with Crippen LogP contribution in [0.4, 0.5) is 0 Å². The molecular formula is C12H16N3OS+. The summed E-state index contributed by atoms with van der Waals surface area (Å²) in [5, 5.41) is 6.34. The Labute approximate surface area is 106 Å². The minimum atomic E-state index is 0.510. The van der Waals surface area contributed by atoms with Gasteiger partial charge in [-0.15, -0.1) is 17.1 Å². The normalized spacial score (nSPS) is 9.94. The van der Waals surface area contributed by atoms with Crippen molar-refractivity contribution < 1.29 is 9.84 Å². The maximum Gasteiger partial charge on any atom is 0.224 e. The van der Waals surface area contributed by atoms with E-state index < -0.39 is 0 Å². The van der Waals surface area contributed by atoms with E-state index in [1.54, 1.807) is 19.4 Å². The predicted molar refractivity (Wildman–Crippen MR) is 73.1 cm³/mol. The number of methoxy groups -OCH3 is 1. The van der Waals surface area contributed by atoms with E-state index in [1.807, 2.05) is 24.3 Å². The molecule has 4 nitrogen and oxygen atoms in total. The second kappa shape index (κ2) is 7.40. The number of thiocarbonyl (C=S) groups is 1. The standard InChI is InChI=1S/C12H15N3OS/c1-3-8-13-12(17)15-14-9-10-6-4-5-7-11(10)16-2/h3-7,9H,1,8H2,2H3,(H2,13,15,17)/p+1. The van der Waals surface area contributed by atoms with Crippen molar-refractivity contribution in [3.8, 4) is 5.75 Å². The lowest BCUT2D eigenvalue weighted by Gasteiger charge is -2.01. The van der Waals surface area contributed by atoms with E-state index in [9.17, 15) is 0 Å². The summed E-state index contributed by atoms with van der Waals surface area (Å²) in [5.74, 6) is 0.798. The van der Waals surface area contributed by atoms with Crippen LogP contribution in [0.15, 0.2) is 36.9 Å². The summed E-state index contributed by atoms with van der Waals surface area (Å²) in [4.78, 5) is 0. The minimum absolute atomic E-state index is 0.510. The van der Waals surface area contributed by atoms with Crippen molar-refractivity contribution in [2.75, 3.05) is 13.7 Å². The molecule has 0 fully saturated rings. The van der Waals surface area contributed by atoms with E-state index in [1.165, 1.54) is 0 Å². The van der Waals surface area contributed by atoms with Crippen molar-refractivity contribution in [1.29, 1.82) is 0 Å². The van der Waals surface area contributed by atoms with Gasteiger partial charge < -0.3 is 10.1 Å². The zero-order chi connectivity index (χ0) is 12.5. The van der Waals surface area contributed by atoms with Gasteiger partial charge in [0.1, 0.15) is 5.75 Å². The highest BCUT2D eigenvalue weighted by atomic mass is 32.1. The number of para-hydroxylation sites is 1. The molecule has 0 radical (unpaired) electrons. The third-order valence-electron chi connectivity index (χ3n) is 1.96. The number of nitrogens with one attached hydrogen (secondary N) is 3. The molecule has 0 heterocycles. The van der Waals surface area contributed by atoms with Crippen molar-refractivity contribution in [2.24, 2.45) is 0 Å². The highest BCUT2D eigenvalue weighted by Crippen LogP contribution is 2.13. The Morgan fingerprint density at radius 1 is 1.53 bits per heavy atom. The monoisotopic (exact) mass is 250 g/mol. The minimum Gasteiger partial charge on any atom is -0.496 e. The van der Waals surface area contributed by atoms with Crippen LogP contribution in [0.1, 0.15) is 5.56 Å². The molecule has 0 spiro atoms. The molecule has 1 rings (SSSR count). The van der Waals surface area contributed by atoms with E-state index in [-0.39, 0.29) is 0 Å². The van der Waals surface area contributed by atoms with Crippen LogP contribution in [0.2, 0.25) is 0 Å². The molecular weight excluding hydrogens is 234 g/mol. The van der Waals surface area contributed by atoms with E-state index in [2.05, 4.69) is 22.4 Å². The second-order valence-electron chi connectivity index (χ2n) is 3.15. The van der Waals surface area contributed by atoms with Gasteiger partial charge in [-0.1, -0.05) is 18.2 Å². The van der Waals surface area contributed by atoms with Crippen LogP contribution in [0.5, 0.6) is 5.75 Å². The van der Waals surface area contributed by atoms with Gasteiger partial charge >= 0.3 is 0 Å². The number of hydrazone groups is 1. The van der Waals surface area contributed by atoms with Gasteiger partial charge in [-0.25, -0.2) is 0 Å². The molecule has 0 unspecified atom stereocenters. The highest BCUT2D eigenvalue weighted by Gasteiger charge is 2.00. The molecule has 0 bridgehead atoms. The molecule has 0 atom stereocenters. The Morgan fingerprint density at radius 2 is 2.29 bits per heavy atom. The van der Waals surface area contributed by atoms with E-state index in [0.29, 0.717) is 11.7 Å². The first-order chi connectivity index (χ1) is 8.27. The molecule has 0 saturated carbocycles. The van der Waals surface area contributed by atoms with Gasteiger partial charge in [-0.3, -0.25) is 0 Å². The molecule has 5 heteroatoms. The fourth-order valence-corrected chi connectivity index (χ4v) is 1.32. The fourth-order valence-electron chi connectivity index (χ4n) is 1.17. The van der Waals surface area contributed by atoms with Gasteiger partial charge in [-0.2, -0.15) is 0 Å². The molecule has 0 saturated heterocycles. The quantitative estimate of drug-likeness (QED) is 0.292. The van der Waals surface area contributed by atoms with Crippen molar-refractivity contribution in [1.82, 2.24) is 10.7 Å². The maximum absolute atomic E-state index is 5.21. The lowest BCUT2D eigenvalue weighted by Crippen LogP contribution is -2.82. The largest absolute Gasteiger partial charge is 0.496 e. The van der Waals surface area contributed by atoms with Crippen LogP contribution in [0, 0.1) is 0 Å². The predicted octanol–water partition coefficient (Wildman–Crippen LogP) is -0.240. The summed E-state index contributed by atoms with van der Waals surface area (Å²) in [5.41, 5.74) is 3.77. The maximum atomic E-state index is 5.21. The van der Waals surface area contributed by atoms with Crippen molar-refractivity contribution in [2.45, 2.75) is 0 Å². The molecule has 1 aromatic rings. The number of benzene rings is 1. The van der Waals surface area contributed by atoms with E-state index in [0.717, 1.165) is 11.3 Å². The number of rotatable bonds is 5. The molecule has 0 aromatic heterocycles. The average Bonchev–Trinajstić information content (AvgIpc) is 2.37. The van der Waals surface area contributed by atoms with Crippen LogP contribution in [0.3, 0.4) is 0 Å². The summed E-state index contributed by atoms with van der Waals surface area (Å²) >= 11 is 5.01. The van der Waals surface area contributed by atoms with Crippen molar-refractivity contribution >= 4 is 23.5 Å². The Morgan fingerprint density at radius 3 is 3.00 bits per heavy atom. The van der Waals surface area contributed by atoms with Crippen LogP contribution < -0.4 is 20.6 Å². The molecule has 17 heavy (non-hydrogen) atoms. The number of hydrogen-bond acceptors (Lipinski definition) is 2. The third-order valence-corrected chi connectivity index (χ3v) is 2.21. The summed E-state index contributed by atoms with van der Waals surface area (Å²) < 4.78 is 5.21. The van der Waals surface area contributed by atoms with Crippen LogP contribution in [0.25, 0.3) is 0 Å². The lowest BCUT2D eigenvalue weighted by atomic mass is 10.2. The Bertz CT molecular complexity index is 418. The molecule has 3 N–H and O–H groups in total. The first-order valence-electron chi connectivity index (χ1n) is 5.14. The first-order valence-corrected chi connectivity index (χ1v) is 5.55. The number of ether oxygens (including phenoxy) is 1. The van der Waals surface area contributed by atoms with Gasteiger partial charge in [0.2, 0.25) is 11.3 Å². The van der Waals surface area contributed by atoms with Crippen molar-refractivity contribution in [3.05, 3.63) is 42.5 Å². The van der Waals surface area contributed by atoms with Gasteiger partial charge in [-0.05, 0) is 24.4 Å². The molecule has 0 aliphatic carbocycles. The van der Waals surface area contributed by atoms with Gasteiger partial charge in [0, 0.05) is 6.54 Å². The Balaban J connectivity index is 2.53. The van der Waals surface area contributed by atoms with Gasteiger partial charge in [0.25, 0.3) is 0 Å². The molecule has 0 aliphatic heterocycles. The first kappa shape index (κ1) is 13.2. The second-order valence-corrected chi connectivity index (χ2v) is 3.56. The summed E-state index contributed by atoms with van der Waals surface area (Å²) in [6.07, 6.45) is 3.51. The number of hydrogen-bond donors (Lipinski definition) is 3. The smallest absolute Gasteiger partial charge is 0.224 e. The van der Waals surface area contributed by atoms with Crippen LogP contribution in [-0.4, -0.2) is 25.0 Å². The van der Waals surface area contributed by atoms with E-state index >= 15 is 0 Å². The zero-order valence-electron chi connectivity index (χ0n) is 9.69. The molecule has 0 amide bonds. The van der Waals surface area contributed by atoms with E-state index in [4.69, 9.17) is 17.0 Å². The van der Waals surface area contributed by atoms with Gasteiger partial charge in [0.15, 0.2) is 0 Å². The van der Waals surface area contributed by atoms with Crippen LogP contribution >= 0.6 is 12.2 Å². The van der Waals surface area contributed by atoms with Crippen molar-refractivity contribution in [3.63, 3.8) is 0 Å². The summed E-state index contributed by atoms with van der Waals surface area (Å²) in [7, 11) is 1.64. The molecule has 0 aliphatic rings. The SMILES string of the molecule is C=CCNC(=S)N[NH+]=Cc1ccccc1OC. The number of hydrazine groups is 1.